The van der Waals surface area contributed by atoms with Gasteiger partial charge in [0.2, 0.25) is 0 Å². The van der Waals surface area contributed by atoms with Gasteiger partial charge in [0, 0.05) is 23.9 Å². The van der Waals surface area contributed by atoms with Crippen LogP contribution in [0.15, 0.2) is 0 Å². The van der Waals surface area contributed by atoms with E-state index in [4.69, 9.17) is 0 Å². The van der Waals surface area contributed by atoms with E-state index in [9.17, 15) is 8.76 Å². The van der Waals surface area contributed by atoms with Crippen LogP contribution >= 0.6 is 12.4 Å². The molecule has 1 fully saturated rings. The highest BCUT2D eigenvalue weighted by atomic mass is 35.5. The molecule has 1 heterocycles. The Morgan fingerprint density at radius 1 is 1.64 bits per heavy atom. The minimum absolute atomic E-state index is 0. The van der Waals surface area contributed by atoms with E-state index in [2.05, 4.69) is 15.6 Å². The number of hydrogen-bond donors (Lipinski definition) is 3. The first-order chi connectivity index (χ1) is 4.79. The molecule has 0 aromatic carbocycles. The lowest BCUT2D eigenvalue weighted by atomic mass is 10.3. The lowest BCUT2D eigenvalue weighted by Crippen LogP contribution is -2.42. The van der Waals surface area contributed by atoms with Gasteiger partial charge in [-0.3, -0.25) is 4.21 Å². The molecule has 0 spiro atoms. The second kappa shape index (κ2) is 5.87. The van der Waals surface area contributed by atoms with Crippen molar-refractivity contribution in [2.24, 2.45) is 0 Å². The number of halogens is 1. The second-order valence-electron chi connectivity index (χ2n) is 2.17. The van der Waals surface area contributed by atoms with Gasteiger partial charge < -0.3 is 9.87 Å². The fourth-order valence-electron chi connectivity index (χ4n) is 0.909. The maximum atomic E-state index is 9.96. The van der Waals surface area contributed by atoms with E-state index < -0.39 is 11.3 Å². The van der Waals surface area contributed by atoms with Gasteiger partial charge in [-0.25, -0.2) is 5.43 Å². The molecular formula is C4H11ClN3O2S-. The van der Waals surface area contributed by atoms with Crippen LogP contribution in [0.4, 0.5) is 0 Å². The van der Waals surface area contributed by atoms with Crippen LogP contribution in [0.2, 0.25) is 0 Å². The third-order valence-electron chi connectivity index (χ3n) is 1.41. The Kier molecular flexibility index (Phi) is 6.02. The van der Waals surface area contributed by atoms with E-state index in [0.717, 1.165) is 19.5 Å². The third-order valence-corrected chi connectivity index (χ3v) is 1.69. The SMILES string of the molecule is Cl.O=S([O-])NNC1CCNC1. The molecule has 0 aromatic rings. The van der Waals surface area contributed by atoms with E-state index in [1.54, 1.807) is 0 Å². The van der Waals surface area contributed by atoms with Gasteiger partial charge in [-0.05, 0) is 13.0 Å². The Bertz CT molecular complexity index is 131. The number of hydrazine groups is 1. The zero-order valence-corrected chi connectivity index (χ0v) is 7.46. The molecule has 1 aliphatic rings. The molecule has 1 rings (SSSR count). The maximum absolute atomic E-state index is 9.96. The fraction of sp³-hybridized carbons (Fsp3) is 1.00. The smallest absolute Gasteiger partial charge is 0.0359 e. The normalized spacial score (nSPS) is 26.1. The molecule has 2 unspecified atom stereocenters. The molecule has 0 bridgehead atoms. The van der Waals surface area contributed by atoms with Gasteiger partial charge in [0.25, 0.3) is 0 Å². The average Bonchev–Trinajstić information content (AvgIpc) is 2.34. The number of nitrogens with one attached hydrogen (secondary N) is 3. The van der Waals surface area contributed by atoms with Gasteiger partial charge in [-0.15, -0.1) is 12.4 Å². The monoisotopic (exact) mass is 200 g/mol. The third kappa shape index (κ3) is 4.67. The van der Waals surface area contributed by atoms with E-state index in [0.29, 0.717) is 0 Å². The standard InChI is InChI=1S/C4H11N3O2S.ClH/c8-10(9)7-6-4-1-2-5-3-4;/h4-7H,1-3H2,(H,8,9);1H/p-1. The molecule has 0 aliphatic carbocycles. The van der Waals surface area contributed by atoms with E-state index >= 15 is 0 Å². The van der Waals surface area contributed by atoms with Crippen LogP contribution in [-0.2, 0) is 11.3 Å². The Balaban J connectivity index is 0.000001000. The fourth-order valence-corrected chi connectivity index (χ4v) is 1.17. The number of rotatable bonds is 3. The van der Waals surface area contributed by atoms with Crippen molar-refractivity contribution in [1.29, 1.82) is 0 Å². The molecule has 0 radical (unpaired) electrons. The van der Waals surface area contributed by atoms with Crippen molar-refractivity contribution in [1.82, 2.24) is 15.6 Å². The van der Waals surface area contributed by atoms with Crippen molar-refractivity contribution in [3.05, 3.63) is 0 Å². The molecule has 1 saturated heterocycles. The van der Waals surface area contributed by atoms with Crippen molar-refractivity contribution in [3.63, 3.8) is 0 Å². The molecule has 3 N–H and O–H groups in total. The first-order valence-electron chi connectivity index (χ1n) is 3.10. The Morgan fingerprint density at radius 3 is 2.82 bits per heavy atom. The lowest BCUT2D eigenvalue weighted by molar-refractivity contribution is 0.473. The minimum atomic E-state index is -2.20. The molecule has 0 amide bonds. The van der Waals surface area contributed by atoms with E-state index in [1.807, 2.05) is 0 Å². The summed E-state index contributed by atoms with van der Waals surface area (Å²) in [5.41, 5.74) is 2.66. The summed E-state index contributed by atoms with van der Waals surface area (Å²) < 4.78 is 19.9. The van der Waals surface area contributed by atoms with Gasteiger partial charge >= 0.3 is 0 Å². The Labute approximate surface area is 74.1 Å². The first kappa shape index (κ1) is 11.3. The predicted octanol–water partition coefficient (Wildman–Crippen LogP) is -1.34. The highest BCUT2D eigenvalue weighted by Crippen LogP contribution is 1.94. The summed E-state index contributed by atoms with van der Waals surface area (Å²) in [4.78, 5) is 2.11. The quantitative estimate of drug-likeness (QED) is 0.389. The predicted molar refractivity (Wildman–Crippen MR) is 43.7 cm³/mol. The summed E-state index contributed by atoms with van der Waals surface area (Å²) in [5, 5.41) is 3.09. The molecule has 11 heavy (non-hydrogen) atoms. The zero-order valence-electron chi connectivity index (χ0n) is 5.83. The maximum Gasteiger partial charge on any atom is 0.0359 e. The largest absolute Gasteiger partial charge is 0.759 e. The molecule has 0 aromatic heterocycles. The summed E-state index contributed by atoms with van der Waals surface area (Å²) in [6.07, 6.45) is 0.962. The molecule has 7 heteroatoms. The van der Waals surface area contributed by atoms with Crippen LogP contribution < -0.4 is 15.6 Å². The summed E-state index contributed by atoms with van der Waals surface area (Å²) in [5.74, 6) is 0. The van der Waals surface area contributed by atoms with Crippen molar-refractivity contribution in [2.45, 2.75) is 12.5 Å². The second-order valence-corrected chi connectivity index (χ2v) is 2.84. The topological polar surface area (TPSA) is 76.2 Å². The molecule has 1 aliphatic heterocycles. The highest BCUT2D eigenvalue weighted by Gasteiger charge is 2.12. The summed E-state index contributed by atoms with van der Waals surface area (Å²) in [6, 6.07) is 0.234. The van der Waals surface area contributed by atoms with Gasteiger partial charge in [0.05, 0.1) is 0 Å². The molecule has 68 valence electrons. The highest BCUT2D eigenvalue weighted by molar-refractivity contribution is 7.76. The molecule has 0 saturated carbocycles. The van der Waals surface area contributed by atoms with Crippen molar-refractivity contribution in [3.8, 4) is 0 Å². The lowest BCUT2D eigenvalue weighted by Gasteiger charge is -2.13. The Morgan fingerprint density at radius 2 is 2.36 bits per heavy atom. The van der Waals surface area contributed by atoms with Crippen LogP contribution in [-0.4, -0.2) is 27.9 Å². The van der Waals surface area contributed by atoms with Crippen molar-refractivity contribution >= 4 is 23.7 Å². The summed E-state index contributed by atoms with van der Waals surface area (Å²) in [6.45, 7) is 1.77. The Hall–Kier alpha value is 0.280. The minimum Gasteiger partial charge on any atom is -0.759 e. The average molecular weight is 201 g/mol. The van der Waals surface area contributed by atoms with Crippen molar-refractivity contribution in [2.75, 3.05) is 13.1 Å². The van der Waals surface area contributed by atoms with E-state index in [1.165, 1.54) is 0 Å². The van der Waals surface area contributed by atoms with Crippen molar-refractivity contribution < 1.29 is 8.76 Å². The summed E-state index contributed by atoms with van der Waals surface area (Å²) in [7, 11) is 0. The van der Waals surface area contributed by atoms with Gasteiger partial charge in [0.1, 0.15) is 0 Å². The van der Waals surface area contributed by atoms with Crippen LogP contribution in [0.1, 0.15) is 6.42 Å². The zero-order chi connectivity index (χ0) is 7.40. The van der Waals surface area contributed by atoms with E-state index in [-0.39, 0.29) is 18.4 Å². The van der Waals surface area contributed by atoms with Crippen LogP contribution in [0, 0.1) is 0 Å². The first-order valence-corrected chi connectivity index (χ1v) is 4.17. The van der Waals surface area contributed by atoms with Gasteiger partial charge in [0.15, 0.2) is 0 Å². The van der Waals surface area contributed by atoms with Crippen LogP contribution in [0.3, 0.4) is 0 Å². The molecule has 2 atom stereocenters. The van der Waals surface area contributed by atoms with Crippen LogP contribution in [0.25, 0.3) is 0 Å². The van der Waals surface area contributed by atoms with Gasteiger partial charge in [-0.2, -0.15) is 4.83 Å². The van der Waals surface area contributed by atoms with Gasteiger partial charge in [-0.1, -0.05) is 0 Å². The van der Waals surface area contributed by atoms with Crippen LogP contribution in [0.5, 0.6) is 0 Å². The number of hydrogen-bond acceptors (Lipinski definition) is 4. The molecule has 5 nitrogen and oxygen atoms in total. The summed E-state index contributed by atoms with van der Waals surface area (Å²) >= 11 is -2.20. The molecular weight excluding hydrogens is 190 g/mol.